The summed E-state index contributed by atoms with van der Waals surface area (Å²) in [6.07, 6.45) is 5.51. The third kappa shape index (κ3) is 5.52. The van der Waals surface area contributed by atoms with Crippen molar-refractivity contribution < 1.29 is 0 Å². The summed E-state index contributed by atoms with van der Waals surface area (Å²) in [6, 6.07) is 21.2. The van der Waals surface area contributed by atoms with E-state index in [1.807, 2.05) is 6.07 Å². The van der Waals surface area contributed by atoms with Crippen molar-refractivity contribution in [2.75, 3.05) is 6.16 Å². The zero-order valence-corrected chi connectivity index (χ0v) is 12.8. The van der Waals surface area contributed by atoms with E-state index in [1.165, 1.54) is 15.9 Å². The molecular weight excluding hydrogens is 266 g/mol. The minimum absolute atomic E-state index is 0.678. The largest absolute Gasteiger partial charge is 0.0913 e. The fourth-order valence-electron chi connectivity index (χ4n) is 1.68. The maximum absolute atomic E-state index is 4.12. The van der Waals surface area contributed by atoms with Crippen LogP contribution in [0, 0.1) is 0 Å². The molecule has 0 aromatic heterocycles. The SMILES string of the molecule is C=C(C=CCPc1ccccc1)Pc1ccccc1. The van der Waals surface area contributed by atoms with E-state index in [9.17, 15) is 0 Å². The van der Waals surface area contributed by atoms with Crippen LogP contribution in [0.1, 0.15) is 0 Å². The first-order chi connectivity index (χ1) is 9.34. The molecule has 0 heterocycles. The lowest BCUT2D eigenvalue weighted by atomic mass is 10.4. The first-order valence-electron chi connectivity index (χ1n) is 6.31. The lowest BCUT2D eigenvalue weighted by Gasteiger charge is -2.01. The lowest BCUT2D eigenvalue weighted by molar-refractivity contribution is 1.72. The second-order valence-electron chi connectivity index (χ2n) is 4.17. The molecule has 0 N–H and O–H groups in total. The lowest BCUT2D eigenvalue weighted by Crippen LogP contribution is -1.92. The van der Waals surface area contributed by atoms with Crippen molar-refractivity contribution in [3.05, 3.63) is 84.7 Å². The summed E-state index contributed by atoms with van der Waals surface area (Å²) >= 11 is 0. The quantitative estimate of drug-likeness (QED) is 0.554. The van der Waals surface area contributed by atoms with Gasteiger partial charge >= 0.3 is 0 Å². The van der Waals surface area contributed by atoms with Crippen LogP contribution in [-0.4, -0.2) is 6.16 Å². The third-order valence-electron chi connectivity index (χ3n) is 2.60. The van der Waals surface area contributed by atoms with Gasteiger partial charge in [-0.3, -0.25) is 0 Å². The molecule has 19 heavy (non-hydrogen) atoms. The van der Waals surface area contributed by atoms with E-state index in [0.29, 0.717) is 8.58 Å². The molecule has 0 saturated heterocycles. The highest BCUT2D eigenvalue weighted by atomic mass is 31.1. The molecule has 0 spiro atoms. The fourth-order valence-corrected chi connectivity index (χ4v) is 3.51. The summed E-state index contributed by atoms with van der Waals surface area (Å²) in [5.41, 5.74) is 0. The van der Waals surface area contributed by atoms with Crippen LogP contribution in [0.4, 0.5) is 0 Å². The van der Waals surface area contributed by atoms with Crippen LogP contribution in [0.3, 0.4) is 0 Å². The molecule has 0 amide bonds. The Morgan fingerprint density at radius 1 is 0.895 bits per heavy atom. The van der Waals surface area contributed by atoms with Crippen molar-refractivity contribution in [1.29, 1.82) is 0 Å². The Hall–Kier alpha value is -1.22. The first-order valence-corrected chi connectivity index (χ1v) is 8.52. The molecule has 2 aromatic carbocycles. The highest BCUT2D eigenvalue weighted by molar-refractivity contribution is 7.52. The molecule has 0 aliphatic carbocycles. The molecule has 2 atom stereocenters. The van der Waals surface area contributed by atoms with Crippen LogP contribution in [-0.2, 0) is 0 Å². The Morgan fingerprint density at radius 3 is 2.11 bits per heavy atom. The molecule has 0 nitrogen and oxygen atoms in total. The number of rotatable bonds is 6. The second-order valence-corrected chi connectivity index (χ2v) is 6.97. The summed E-state index contributed by atoms with van der Waals surface area (Å²) in [7, 11) is 1.52. The first kappa shape index (κ1) is 14.2. The molecule has 0 saturated carbocycles. The van der Waals surface area contributed by atoms with Gasteiger partial charge in [-0.15, -0.1) is 0 Å². The predicted octanol–water partition coefficient (Wildman–Crippen LogP) is 4.06. The van der Waals surface area contributed by atoms with Crippen molar-refractivity contribution in [2.45, 2.75) is 0 Å². The Labute approximate surface area is 119 Å². The van der Waals surface area contributed by atoms with Crippen LogP contribution >= 0.6 is 17.2 Å². The maximum Gasteiger partial charge on any atom is -0.0129 e. The molecule has 2 rings (SSSR count). The molecule has 2 aromatic rings. The van der Waals surface area contributed by atoms with Crippen LogP contribution < -0.4 is 10.6 Å². The molecule has 0 bridgehead atoms. The van der Waals surface area contributed by atoms with E-state index < -0.39 is 0 Å². The zero-order chi connectivity index (χ0) is 13.3. The molecular formula is C17H18P2. The Morgan fingerprint density at radius 2 is 1.47 bits per heavy atom. The summed E-state index contributed by atoms with van der Waals surface area (Å²) < 4.78 is 0. The highest BCUT2D eigenvalue weighted by Gasteiger charge is 1.93. The monoisotopic (exact) mass is 284 g/mol. The standard InChI is InChI=1S/C17H18P2/c1-15(19-17-12-6-3-7-13-17)9-8-14-18-16-10-4-2-5-11-16/h2-13,18-19H,1,14H2. The fraction of sp³-hybridized carbons (Fsp3) is 0.0588. The molecule has 2 unspecified atom stereocenters. The minimum atomic E-state index is 0.678. The van der Waals surface area contributed by atoms with Gasteiger partial charge in [-0.25, -0.2) is 0 Å². The van der Waals surface area contributed by atoms with Gasteiger partial charge in [0.1, 0.15) is 0 Å². The van der Waals surface area contributed by atoms with Crippen molar-refractivity contribution >= 4 is 27.8 Å². The van der Waals surface area contributed by atoms with E-state index in [0.717, 1.165) is 14.7 Å². The van der Waals surface area contributed by atoms with E-state index >= 15 is 0 Å². The van der Waals surface area contributed by atoms with Gasteiger partial charge in [0.15, 0.2) is 0 Å². The summed E-state index contributed by atoms with van der Waals surface area (Å²) in [5, 5.41) is 3.97. The van der Waals surface area contributed by atoms with Crippen molar-refractivity contribution in [3.8, 4) is 0 Å². The average Bonchev–Trinajstić information content (AvgIpc) is 2.46. The summed E-state index contributed by atoms with van der Waals surface area (Å²) in [5.74, 6) is 0. The van der Waals surface area contributed by atoms with E-state index in [1.54, 1.807) is 0 Å². The van der Waals surface area contributed by atoms with Crippen LogP contribution in [0.15, 0.2) is 84.7 Å². The van der Waals surface area contributed by atoms with Crippen LogP contribution in [0.2, 0.25) is 0 Å². The normalized spacial score (nSPS) is 12.0. The number of benzene rings is 2. The van der Waals surface area contributed by atoms with Crippen LogP contribution in [0.25, 0.3) is 0 Å². The maximum atomic E-state index is 4.12. The van der Waals surface area contributed by atoms with Gasteiger partial charge in [0.25, 0.3) is 0 Å². The molecule has 0 radical (unpaired) electrons. The Bertz CT molecular complexity index is 530. The Balaban J connectivity index is 1.75. The van der Waals surface area contributed by atoms with E-state index in [4.69, 9.17) is 0 Å². The van der Waals surface area contributed by atoms with Crippen molar-refractivity contribution in [3.63, 3.8) is 0 Å². The smallest absolute Gasteiger partial charge is 0.0129 e. The van der Waals surface area contributed by atoms with Gasteiger partial charge in [-0.2, -0.15) is 0 Å². The third-order valence-corrected chi connectivity index (χ3v) is 4.89. The minimum Gasteiger partial charge on any atom is -0.0913 e. The predicted molar refractivity (Wildman–Crippen MR) is 91.9 cm³/mol. The van der Waals surface area contributed by atoms with Gasteiger partial charge in [0.05, 0.1) is 0 Å². The van der Waals surface area contributed by atoms with Crippen LogP contribution in [0.5, 0.6) is 0 Å². The summed E-state index contributed by atoms with van der Waals surface area (Å²) in [4.78, 5) is 0. The summed E-state index contributed by atoms with van der Waals surface area (Å²) in [6.45, 7) is 4.12. The van der Waals surface area contributed by atoms with Gasteiger partial charge in [0, 0.05) is 0 Å². The molecule has 0 aliphatic heterocycles. The van der Waals surface area contributed by atoms with Gasteiger partial charge in [-0.05, 0) is 22.1 Å². The molecule has 0 fully saturated rings. The highest BCUT2D eigenvalue weighted by Crippen LogP contribution is 2.22. The second kappa shape index (κ2) is 8.05. The van der Waals surface area contributed by atoms with Crippen molar-refractivity contribution in [1.82, 2.24) is 0 Å². The van der Waals surface area contributed by atoms with E-state index in [2.05, 4.69) is 73.3 Å². The van der Waals surface area contributed by atoms with Gasteiger partial charge in [-0.1, -0.05) is 96.6 Å². The van der Waals surface area contributed by atoms with Gasteiger partial charge < -0.3 is 0 Å². The van der Waals surface area contributed by atoms with Crippen molar-refractivity contribution in [2.24, 2.45) is 0 Å². The average molecular weight is 284 g/mol. The topological polar surface area (TPSA) is 0 Å². The zero-order valence-electron chi connectivity index (χ0n) is 10.8. The number of hydrogen-bond acceptors (Lipinski definition) is 0. The van der Waals surface area contributed by atoms with E-state index in [-0.39, 0.29) is 0 Å². The number of hydrogen-bond donors (Lipinski definition) is 0. The molecule has 96 valence electrons. The molecule has 0 aliphatic rings. The van der Waals surface area contributed by atoms with Gasteiger partial charge in [0.2, 0.25) is 0 Å². The number of allylic oxidation sites excluding steroid dienone is 3. The Kier molecular flexibility index (Phi) is 6.02. The molecule has 2 heteroatoms.